The van der Waals surface area contributed by atoms with Gasteiger partial charge in [0.1, 0.15) is 12.4 Å². The highest BCUT2D eigenvalue weighted by Gasteiger charge is 2.29. The zero-order valence-corrected chi connectivity index (χ0v) is 10.3. The maximum atomic E-state index is 13.3. The minimum Gasteiger partial charge on any atom is -0.480 e. The zero-order chi connectivity index (χ0) is 14.0. The Morgan fingerprint density at radius 1 is 1.42 bits per heavy atom. The lowest BCUT2D eigenvalue weighted by molar-refractivity contribution is -0.137. The number of hydrogen-bond acceptors (Lipinski definition) is 3. The summed E-state index contributed by atoms with van der Waals surface area (Å²) < 4.78 is 13.3. The van der Waals surface area contributed by atoms with Crippen molar-refractivity contribution in [2.45, 2.75) is 12.8 Å². The predicted molar refractivity (Wildman–Crippen MR) is 67.1 cm³/mol. The molecule has 1 aliphatic carbocycles. The lowest BCUT2D eigenvalue weighted by atomic mass is 10.1. The average Bonchev–Trinajstić information content (AvgIpc) is 3.14. The van der Waals surface area contributed by atoms with Crippen molar-refractivity contribution in [3.05, 3.63) is 29.6 Å². The molecule has 0 unspecified atom stereocenters. The van der Waals surface area contributed by atoms with Gasteiger partial charge in [-0.2, -0.15) is 0 Å². The van der Waals surface area contributed by atoms with Crippen LogP contribution in [0.1, 0.15) is 23.2 Å². The second kappa shape index (κ2) is 5.26. The van der Waals surface area contributed by atoms with Crippen molar-refractivity contribution >= 4 is 17.6 Å². The largest absolute Gasteiger partial charge is 0.480 e. The van der Waals surface area contributed by atoms with Crippen molar-refractivity contribution in [3.63, 3.8) is 0 Å². The van der Waals surface area contributed by atoms with Crippen LogP contribution in [0, 0.1) is 11.7 Å². The molecule has 0 heterocycles. The number of aliphatic carboxylic acids is 1. The summed E-state index contributed by atoms with van der Waals surface area (Å²) in [5.41, 5.74) is 5.31. The molecule has 1 amide bonds. The predicted octanol–water partition coefficient (Wildman–Crippen LogP) is 1.34. The Morgan fingerprint density at radius 2 is 2.11 bits per heavy atom. The number of anilines is 1. The molecule has 1 aliphatic rings. The number of amides is 1. The Kier molecular flexibility index (Phi) is 3.69. The molecule has 0 spiro atoms. The molecular formula is C13H15FN2O3. The molecule has 5 nitrogen and oxygen atoms in total. The van der Waals surface area contributed by atoms with E-state index in [-0.39, 0.29) is 11.3 Å². The number of carboxylic acids is 1. The molecule has 1 saturated carbocycles. The second-order valence-corrected chi connectivity index (χ2v) is 4.72. The van der Waals surface area contributed by atoms with Crippen LogP contribution in [0.15, 0.2) is 18.2 Å². The third-order valence-electron chi connectivity index (χ3n) is 3.07. The van der Waals surface area contributed by atoms with Gasteiger partial charge in [0.15, 0.2) is 0 Å². The van der Waals surface area contributed by atoms with Crippen molar-refractivity contribution in [1.82, 2.24) is 4.90 Å². The van der Waals surface area contributed by atoms with Crippen molar-refractivity contribution in [3.8, 4) is 0 Å². The van der Waals surface area contributed by atoms with Crippen LogP contribution < -0.4 is 5.73 Å². The van der Waals surface area contributed by atoms with E-state index in [2.05, 4.69) is 0 Å². The van der Waals surface area contributed by atoms with E-state index in [1.165, 1.54) is 17.0 Å². The van der Waals surface area contributed by atoms with Gasteiger partial charge in [-0.1, -0.05) is 6.07 Å². The first kappa shape index (κ1) is 13.3. The average molecular weight is 266 g/mol. The molecule has 1 fully saturated rings. The smallest absolute Gasteiger partial charge is 0.323 e. The van der Waals surface area contributed by atoms with Gasteiger partial charge in [0.05, 0.1) is 11.3 Å². The topological polar surface area (TPSA) is 83.6 Å². The van der Waals surface area contributed by atoms with Gasteiger partial charge in [-0.25, -0.2) is 4.39 Å². The third-order valence-corrected chi connectivity index (χ3v) is 3.07. The minimum atomic E-state index is -1.09. The van der Waals surface area contributed by atoms with Crippen molar-refractivity contribution < 1.29 is 19.1 Å². The number of nitrogen functional groups attached to an aromatic ring is 1. The lowest BCUT2D eigenvalue weighted by Crippen LogP contribution is -2.37. The molecule has 0 aromatic heterocycles. The molecular weight excluding hydrogens is 251 g/mol. The number of benzene rings is 1. The number of carbonyl (C=O) groups excluding carboxylic acids is 1. The molecule has 102 valence electrons. The third kappa shape index (κ3) is 3.21. The molecule has 0 bridgehead atoms. The number of carbonyl (C=O) groups is 2. The summed E-state index contributed by atoms with van der Waals surface area (Å²) in [6.07, 6.45) is 1.98. The van der Waals surface area contributed by atoms with Crippen LogP contribution in [-0.4, -0.2) is 35.0 Å². The van der Waals surface area contributed by atoms with E-state index in [0.717, 1.165) is 18.9 Å². The van der Waals surface area contributed by atoms with Gasteiger partial charge in [-0.15, -0.1) is 0 Å². The fourth-order valence-electron chi connectivity index (χ4n) is 1.89. The maximum Gasteiger partial charge on any atom is 0.323 e. The Bertz CT molecular complexity index is 515. The van der Waals surface area contributed by atoms with Gasteiger partial charge in [-0.05, 0) is 30.9 Å². The molecule has 0 saturated heterocycles. The number of para-hydroxylation sites is 1. The Hall–Kier alpha value is -2.11. The Morgan fingerprint density at radius 3 is 2.68 bits per heavy atom. The molecule has 1 aromatic carbocycles. The Labute approximate surface area is 109 Å². The van der Waals surface area contributed by atoms with Gasteiger partial charge >= 0.3 is 5.97 Å². The summed E-state index contributed by atoms with van der Waals surface area (Å²) in [6.45, 7) is -0.0215. The van der Waals surface area contributed by atoms with Crippen molar-refractivity contribution in [2.75, 3.05) is 18.8 Å². The van der Waals surface area contributed by atoms with Gasteiger partial charge in [-0.3, -0.25) is 9.59 Å². The van der Waals surface area contributed by atoms with Crippen LogP contribution in [0.2, 0.25) is 0 Å². The number of carboxylic acid groups (broad SMARTS) is 1. The molecule has 3 N–H and O–H groups in total. The van der Waals surface area contributed by atoms with Crippen LogP contribution in [0.25, 0.3) is 0 Å². The van der Waals surface area contributed by atoms with E-state index in [1.54, 1.807) is 0 Å². The summed E-state index contributed by atoms with van der Waals surface area (Å²) in [5, 5.41) is 8.84. The van der Waals surface area contributed by atoms with Crippen LogP contribution in [-0.2, 0) is 4.79 Å². The number of nitrogens with two attached hydrogens (primary N) is 1. The summed E-state index contributed by atoms with van der Waals surface area (Å²) in [4.78, 5) is 24.2. The fraction of sp³-hybridized carbons (Fsp3) is 0.385. The van der Waals surface area contributed by atoms with E-state index in [1.807, 2.05) is 0 Å². The van der Waals surface area contributed by atoms with E-state index in [0.29, 0.717) is 12.5 Å². The molecule has 2 rings (SSSR count). The van der Waals surface area contributed by atoms with Gasteiger partial charge < -0.3 is 15.7 Å². The lowest BCUT2D eigenvalue weighted by Gasteiger charge is -2.21. The van der Waals surface area contributed by atoms with E-state index in [4.69, 9.17) is 10.8 Å². The normalized spacial score (nSPS) is 14.2. The quantitative estimate of drug-likeness (QED) is 0.788. The fourth-order valence-corrected chi connectivity index (χ4v) is 1.89. The number of rotatable bonds is 5. The summed E-state index contributed by atoms with van der Waals surface area (Å²) in [5.74, 6) is -1.96. The van der Waals surface area contributed by atoms with Crippen LogP contribution in [0.3, 0.4) is 0 Å². The number of nitrogens with zero attached hydrogens (tertiary/aromatic N) is 1. The van der Waals surface area contributed by atoms with E-state index in [9.17, 15) is 14.0 Å². The first-order valence-corrected chi connectivity index (χ1v) is 6.04. The molecule has 0 atom stereocenters. The van der Waals surface area contributed by atoms with Crippen LogP contribution in [0.5, 0.6) is 0 Å². The van der Waals surface area contributed by atoms with Crippen molar-refractivity contribution in [1.29, 1.82) is 0 Å². The second-order valence-electron chi connectivity index (χ2n) is 4.72. The van der Waals surface area contributed by atoms with Crippen molar-refractivity contribution in [2.24, 2.45) is 5.92 Å². The monoisotopic (exact) mass is 266 g/mol. The highest BCUT2D eigenvalue weighted by Crippen LogP contribution is 2.30. The van der Waals surface area contributed by atoms with E-state index < -0.39 is 24.2 Å². The van der Waals surface area contributed by atoms with Gasteiger partial charge in [0.25, 0.3) is 5.91 Å². The highest BCUT2D eigenvalue weighted by molar-refractivity contribution is 6.00. The summed E-state index contributed by atoms with van der Waals surface area (Å²) >= 11 is 0. The molecule has 0 aliphatic heterocycles. The molecule has 1 aromatic rings. The first-order chi connectivity index (χ1) is 8.99. The summed E-state index contributed by atoms with van der Waals surface area (Å²) in [7, 11) is 0. The van der Waals surface area contributed by atoms with E-state index >= 15 is 0 Å². The minimum absolute atomic E-state index is 0.0156. The SMILES string of the molecule is Nc1c(F)cccc1C(=O)N(CC(=O)O)CC1CC1. The van der Waals surface area contributed by atoms with Crippen LogP contribution >= 0.6 is 0 Å². The molecule has 6 heteroatoms. The first-order valence-electron chi connectivity index (χ1n) is 6.04. The molecule has 19 heavy (non-hydrogen) atoms. The van der Waals surface area contributed by atoms with Gasteiger partial charge in [0.2, 0.25) is 0 Å². The number of hydrogen-bond donors (Lipinski definition) is 2. The Balaban J connectivity index is 2.21. The standard InChI is InChI=1S/C13H15FN2O3/c14-10-3-1-2-9(12(10)15)13(19)16(7-11(17)18)6-8-4-5-8/h1-3,8H,4-7,15H2,(H,17,18). The zero-order valence-electron chi connectivity index (χ0n) is 10.3. The number of halogens is 1. The summed E-state index contributed by atoms with van der Waals surface area (Å²) in [6, 6.07) is 3.95. The van der Waals surface area contributed by atoms with Gasteiger partial charge in [0, 0.05) is 6.54 Å². The highest BCUT2D eigenvalue weighted by atomic mass is 19.1. The van der Waals surface area contributed by atoms with Crippen LogP contribution in [0.4, 0.5) is 10.1 Å². The molecule has 0 radical (unpaired) electrons. The maximum absolute atomic E-state index is 13.3.